The number of allylic oxidation sites excluding steroid dienone is 1. The minimum absolute atomic E-state index is 0.194. The molecule has 1 atom stereocenters. The highest BCUT2D eigenvalue weighted by atomic mass is 19.1. The molecule has 0 radical (unpaired) electrons. The molecule has 1 aliphatic rings. The Morgan fingerprint density at radius 2 is 2.00 bits per heavy atom. The van der Waals surface area contributed by atoms with Gasteiger partial charge < -0.3 is 5.32 Å². The minimum Gasteiger partial charge on any atom is -0.324 e. The first kappa shape index (κ1) is 14.6. The van der Waals surface area contributed by atoms with Crippen LogP contribution in [-0.2, 0) is 6.42 Å². The number of benzene rings is 2. The maximum Gasteiger partial charge on any atom is 0.226 e. The highest BCUT2D eigenvalue weighted by Crippen LogP contribution is 2.32. The summed E-state index contributed by atoms with van der Waals surface area (Å²) in [4.78, 5) is 4.27. The van der Waals surface area contributed by atoms with Gasteiger partial charge in [-0.3, -0.25) is 0 Å². The van der Waals surface area contributed by atoms with Gasteiger partial charge in [0.05, 0.1) is 0 Å². The molecule has 0 unspecified atom stereocenters. The van der Waals surface area contributed by atoms with Crippen molar-refractivity contribution in [2.24, 2.45) is 0 Å². The molecule has 120 valence electrons. The molecule has 0 saturated carbocycles. The fraction of sp³-hybridized carbons (Fsp3) is 0.158. The number of anilines is 1. The number of hydrogen-bond acceptors (Lipinski definition) is 3. The summed E-state index contributed by atoms with van der Waals surface area (Å²) in [5.74, 6) is 0.399. The molecule has 1 aliphatic heterocycles. The summed E-state index contributed by atoms with van der Waals surface area (Å²) >= 11 is 0. The Kier molecular flexibility index (Phi) is 3.61. The van der Waals surface area contributed by atoms with Crippen molar-refractivity contribution in [3.05, 3.63) is 83.4 Å². The molecule has 4 rings (SSSR count). The quantitative estimate of drug-likeness (QED) is 0.792. The first-order valence-electron chi connectivity index (χ1n) is 7.97. The van der Waals surface area contributed by atoms with E-state index in [9.17, 15) is 4.39 Å². The third-order valence-electron chi connectivity index (χ3n) is 4.27. The van der Waals surface area contributed by atoms with Crippen molar-refractivity contribution in [1.82, 2.24) is 14.8 Å². The molecule has 1 aromatic heterocycles. The predicted octanol–water partition coefficient (Wildman–Crippen LogP) is 4.04. The molecular weight excluding hydrogens is 303 g/mol. The number of aryl methyl sites for hydroxylation is 1. The van der Waals surface area contributed by atoms with Crippen LogP contribution in [0.5, 0.6) is 0 Å². The van der Waals surface area contributed by atoms with E-state index in [0.29, 0.717) is 5.95 Å². The van der Waals surface area contributed by atoms with Crippen molar-refractivity contribution >= 4 is 11.6 Å². The van der Waals surface area contributed by atoms with Crippen molar-refractivity contribution in [2.75, 3.05) is 5.32 Å². The first-order chi connectivity index (χ1) is 11.7. The lowest BCUT2D eigenvalue weighted by Gasteiger charge is -2.24. The Morgan fingerprint density at radius 1 is 1.17 bits per heavy atom. The SMILES string of the molecule is CCc1ccc(C2=C[C@H](c3cccc(F)c3)n3ncnc3N2)cc1. The van der Waals surface area contributed by atoms with E-state index in [-0.39, 0.29) is 11.9 Å². The zero-order valence-corrected chi connectivity index (χ0v) is 13.3. The third kappa shape index (κ3) is 2.58. The van der Waals surface area contributed by atoms with E-state index in [4.69, 9.17) is 0 Å². The van der Waals surface area contributed by atoms with Crippen LogP contribution in [0.25, 0.3) is 5.70 Å². The number of nitrogens with one attached hydrogen (secondary N) is 1. The van der Waals surface area contributed by atoms with Crippen molar-refractivity contribution in [3.63, 3.8) is 0 Å². The second kappa shape index (κ2) is 5.92. The molecule has 24 heavy (non-hydrogen) atoms. The van der Waals surface area contributed by atoms with Crippen LogP contribution in [0.3, 0.4) is 0 Å². The zero-order chi connectivity index (χ0) is 16.5. The Hall–Kier alpha value is -2.95. The standard InChI is InChI=1S/C19H17FN4/c1-2-13-6-8-14(9-7-13)17-11-18(15-4-3-5-16(20)10-15)24-19(23-17)21-12-22-24/h3-12,18H,2H2,1H3,(H,21,22,23)/t18-/m1/s1. The van der Waals surface area contributed by atoms with Gasteiger partial charge in [0.15, 0.2) is 0 Å². The molecule has 1 N–H and O–H groups in total. The van der Waals surface area contributed by atoms with Gasteiger partial charge in [-0.15, -0.1) is 0 Å². The summed E-state index contributed by atoms with van der Waals surface area (Å²) in [5, 5.41) is 7.58. The van der Waals surface area contributed by atoms with Gasteiger partial charge in [-0.2, -0.15) is 10.1 Å². The molecule has 0 aliphatic carbocycles. The Morgan fingerprint density at radius 3 is 2.75 bits per heavy atom. The van der Waals surface area contributed by atoms with Gasteiger partial charge in [-0.1, -0.05) is 43.3 Å². The predicted molar refractivity (Wildman–Crippen MR) is 92.0 cm³/mol. The van der Waals surface area contributed by atoms with Crippen LogP contribution >= 0.6 is 0 Å². The summed E-state index contributed by atoms with van der Waals surface area (Å²) in [7, 11) is 0. The molecule has 2 heterocycles. The van der Waals surface area contributed by atoms with Crippen LogP contribution in [0.1, 0.15) is 29.7 Å². The maximum atomic E-state index is 13.6. The number of nitrogens with zero attached hydrogens (tertiary/aromatic N) is 3. The van der Waals surface area contributed by atoms with E-state index in [0.717, 1.165) is 23.2 Å². The highest BCUT2D eigenvalue weighted by Gasteiger charge is 2.23. The van der Waals surface area contributed by atoms with Crippen molar-refractivity contribution in [3.8, 4) is 0 Å². The Labute approximate surface area is 139 Å². The summed E-state index contributed by atoms with van der Waals surface area (Å²) in [5.41, 5.74) is 4.15. The van der Waals surface area contributed by atoms with Gasteiger partial charge in [0.1, 0.15) is 18.2 Å². The maximum absolute atomic E-state index is 13.6. The number of rotatable bonds is 3. The third-order valence-corrected chi connectivity index (χ3v) is 4.27. The number of hydrogen-bond donors (Lipinski definition) is 1. The average Bonchev–Trinajstić information content (AvgIpc) is 3.09. The lowest BCUT2D eigenvalue weighted by Crippen LogP contribution is -2.20. The average molecular weight is 320 g/mol. The number of aromatic nitrogens is 3. The molecule has 5 heteroatoms. The van der Waals surface area contributed by atoms with E-state index in [1.165, 1.54) is 24.0 Å². The van der Waals surface area contributed by atoms with Gasteiger partial charge in [-0.25, -0.2) is 9.07 Å². The van der Waals surface area contributed by atoms with Crippen molar-refractivity contribution in [1.29, 1.82) is 0 Å². The Bertz CT molecular complexity index is 896. The van der Waals surface area contributed by atoms with E-state index in [1.54, 1.807) is 10.7 Å². The highest BCUT2D eigenvalue weighted by molar-refractivity contribution is 5.77. The van der Waals surface area contributed by atoms with Crippen LogP contribution in [0.4, 0.5) is 10.3 Å². The van der Waals surface area contributed by atoms with Crippen molar-refractivity contribution < 1.29 is 4.39 Å². The van der Waals surface area contributed by atoms with Crippen molar-refractivity contribution in [2.45, 2.75) is 19.4 Å². The van der Waals surface area contributed by atoms with Gasteiger partial charge in [0, 0.05) is 5.70 Å². The van der Waals surface area contributed by atoms with Crippen LogP contribution in [0, 0.1) is 5.82 Å². The van der Waals surface area contributed by atoms with E-state index < -0.39 is 0 Å². The molecule has 3 aromatic rings. The number of halogens is 1. The van der Waals surface area contributed by atoms with Crippen LogP contribution in [0.15, 0.2) is 60.9 Å². The smallest absolute Gasteiger partial charge is 0.226 e. The fourth-order valence-corrected chi connectivity index (χ4v) is 2.95. The van der Waals surface area contributed by atoms with Gasteiger partial charge in [-0.05, 0) is 41.3 Å². The molecule has 2 aromatic carbocycles. The molecule has 0 bridgehead atoms. The van der Waals surface area contributed by atoms with Crippen LogP contribution < -0.4 is 5.32 Å². The summed E-state index contributed by atoms with van der Waals surface area (Å²) in [6.45, 7) is 2.13. The summed E-state index contributed by atoms with van der Waals surface area (Å²) in [6.07, 6.45) is 4.57. The first-order valence-corrected chi connectivity index (χ1v) is 7.97. The lowest BCUT2D eigenvalue weighted by atomic mass is 10.0. The van der Waals surface area contributed by atoms with Crippen LogP contribution in [0.2, 0.25) is 0 Å². The van der Waals surface area contributed by atoms with E-state index in [1.807, 2.05) is 6.07 Å². The fourth-order valence-electron chi connectivity index (χ4n) is 2.95. The molecule has 0 amide bonds. The molecule has 4 nitrogen and oxygen atoms in total. The second-order valence-electron chi connectivity index (χ2n) is 5.78. The number of fused-ring (bicyclic) bond motifs is 1. The molecular formula is C19H17FN4. The van der Waals surface area contributed by atoms with E-state index >= 15 is 0 Å². The summed E-state index contributed by atoms with van der Waals surface area (Å²) in [6, 6.07) is 14.8. The van der Waals surface area contributed by atoms with E-state index in [2.05, 4.69) is 52.7 Å². The van der Waals surface area contributed by atoms with Gasteiger partial charge >= 0.3 is 0 Å². The second-order valence-corrected chi connectivity index (χ2v) is 5.78. The molecule has 0 spiro atoms. The molecule has 0 fully saturated rings. The minimum atomic E-state index is -0.255. The normalized spacial score (nSPS) is 16.2. The monoisotopic (exact) mass is 320 g/mol. The molecule has 0 saturated heterocycles. The lowest BCUT2D eigenvalue weighted by molar-refractivity contribution is 0.593. The van der Waals surface area contributed by atoms with Crippen LogP contribution in [-0.4, -0.2) is 14.8 Å². The van der Waals surface area contributed by atoms with Gasteiger partial charge in [0.2, 0.25) is 5.95 Å². The topological polar surface area (TPSA) is 42.7 Å². The zero-order valence-electron chi connectivity index (χ0n) is 13.3. The van der Waals surface area contributed by atoms with Gasteiger partial charge in [0.25, 0.3) is 0 Å². The largest absolute Gasteiger partial charge is 0.324 e. The Balaban J connectivity index is 1.78. The summed E-state index contributed by atoms with van der Waals surface area (Å²) < 4.78 is 15.4.